The molecule has 0 aliphatic rings. The number of carboxylic acids is 1. The molecule has 0 saturated carbocycles. The number of hydrogen-bond donors (Lipinski definition) is 2. The third kappa shape index (κ3) is 10.6. The van der Waals surface area contributed by atoms with Crippen LogP contribution in [-0.2, 0) is 9.59 Å². The maximum Gasteiger partial charge on any atom is 0.326 e. The molecule has 4 heteroatoms. The molecule has 0 unspecified atom stereocenters. The van der Waals surface area contributed by atoms with Gasteiger partial charge >= 0.3 is 5.97 Å². The minimum absolute atomic E-state index is 0.0374. The van der Waals surface area contributed by atoms with E-state index in [4.69, 9.17) is 5.11 Å². The Morgan fingerprint density at radius 2 is 1.41 bits per heavy atom. The van der Waals surface area contributed by atoms with Crippen molar-refractivity contribution >= 4 is 11.9 Å². The molecular weight excluding hydrogens is 278 g/mol. The lowest BCUT2D eigenvalue weighted by Crippen LogP contribution is -2.44. The first-order valence-electron chi connectivity index (χ1n) is 9.05. The summed E-state index contributed by atoms with van der Waals surface area (Å²) in [7, 11) is 0. The molecule has 4 nitrogen and oxygen atoms in total. The largest absolute Gasteiger partial charge is 0.480 e. The molecule has 0 aromatic heterocycles. The van der Waals surface area contributed by atoms with Crippen LogP contribution in [0.2, 0.25) is 0 Å². The smallest absolute Gasteiger partial charge is 0.326 e. The standard InChI is InChI=1S/C18H35NO3/c1-4-6-7-8-9-10-11-12-13-14-16(20)19-17(18(21)22)15(3)5-2/h15,17H,4-14H2,1-3H3,(H,19,20)(H,21,22)/t15-,17-/m0/s1. The highest BCUT2D eigenvalue weighted by Crippen LogP contribution is 2.11. The van der Waals surface area contributed by atoms with E-state index in [0.29, 0.717) is 6.42 Å². The van der Waals surface area contributed by atoms with Crippen LogP contribution >= 0.6 is 0 Å². The molecule has 0 radical (unpaired) electrons. The average Bonchev–Trinajstić information content (AvgIpc) is 2.50. The van der Waals surface area contributed by atoms with E-state index in [1.807, 2.05) is 13.8 Å². The average molecular weight is 313 g/mol. The SMILES string of the molecule is CCCCCCCCCCCC(=O)N[C@H](C(=O)O)[C@@H](C)CC. The van der Waals surface area contributed by atoms with E-state index in [9.17, 15) is 9.59 Å². The quantitative estimate of drug-likeness (QED) is 0.463. The van der Waals surface area contributed by atoms with Gasteiger partial charge in [0.1, 0.15) is 6.04 Å². The van der Waals surface area contributed by atoms with Gasteiger partial charge in [-0.1, -0.05) is 78.6 Å². The first-order valence-corrected chi connectivity index (χ1v) is 9.05. The number of aliphatic carboxylic acids is 1. The summed E-state index contributed by atoms with van der Waals surface area (Å²) < 4.78 is 0. The zero-order valence-electron chi connectivity index (χ0n) is 14.7. The number of unbranched alkanes of at least 4 members (excludes halogenated alkanes) is 8. The van der Waals surface area contributed by atoms with Gasteiger partial charge in [-0.05, 0) is 12.3 Å². The van der Waals surface area contributed by atoms with Crippen molar-refractivity contribution in [3.8, 4) is 0 Å². The third-order valence-corrected chi connectivity index (χ3v) is 4.30. The van der Waals surface area contributed by atoms with Crippen LogP contribution in [0.25, 0.3) is 0 Å². The van der Waals surface area contributed by atoms with Gasteiger partial charge in [-0.2, -0.15) is 0 Å². The number of amides is 1. The van der Waals surface area contributed by atoms with Gasteiger partial charge < -0.3 is 10.4 Å². The second-order valence-electron chi connectivity index (χ2n) is 6.35. The number of carboxylic acid groups (broad SMARTS) is 1. The van der Waals surface area contributed by atoms with Crippen LogP contribution < -0.4 is 5.32 Å². The van der Waals surface area contributed by atoms with Crippen LogP contribution in [0.4, 0.5) is 0 Å². The van der Waals surface area contributed by atoms with Crippen LogP contribution in [0.3, 0.4) is 0 Å². The van der Waals surface area contributed by atoms with Crippen molar-refractivity contribution in [3.05, 3.63) is 0 Å². The maximum atomic E-state index is 11.8. The van der Waals surface area contributed by atoms with E-state index in [2.05, 4.69) is 12.2 Å². The number of carbonyl (C=O) groups is 2. The van der Waals surface area contributed by atoms with Crippen molar-refractivity contribution < 1.29 is 14.7 Å². The van der Waals surface area contributed by atoms with Gasteiger partial charge in [0.25, 0.3) is 0 Å². The van der Waals surface area contributed by atoms with Crippen LogP contribution in [0, 0.1) is 5.92 Å². The fourth-order valence-corrected chi connectivity index (χ4v) is 2.52. The molecule has 0 aromatic carbocycles. The van der Waals surface area contributed by atoms with Crippen LogP contribution in [0.1, 0.15) is 91.4 Å². The molecule has 0 fully saturated rings. The topological polar surface area (TPSA) is 66.4 Å². The minimum atomic E-state index is -0.935. The van der Waals surface area contributed by atoms with E-state index in [1.165, 1.54) is 44.9 Å². The second kappa shape index (κ2) is 13.6. The first-order chi connectivity index (χ1) is 10.5. The van der Waals surface area contributed by atoms with Gasteiger partial charge in [-0.25, -0.2) is 4.79 Å². The van der Waals surface area contributed by atoms with E-state index in [0.717, 1.165) is 19.3 Å². The fraction of sp³-hybridized carbons (Fsp3) is 0.889. The highest BCUT2D eigenvalue weighted by molar-refractivity contribution is 5.83. The summed E-state index contributed by atoms with van der Waals surface area (Å²) in [4.78, 5) is 23.0. The summed E-state index contributed by atoms with van der Waals surface area (Å²) >= 11 is 0. The summed E-state index contributed by atoms with van der Waals surface area (Å²) in [6, 6.07) is -0.754. The normalized spacial score (nSPS) is 13.6. The Bertz CT molecular complexity index is 305. The molecule has 0 bridgehead atoms. The molecular formula is C18H35NO3. The Labute approximate surface area is 136 Å². The number of nitrogens with one attached hydrogen (secondary N) is 1. The van der Waals surface area contributed by atoms with Crippen molar-refractivity contribution in [2.45, 2.75) is 97.4 Å². The lowest BCUT2D eigenvalue weighted by molar-refractivity contribution is -0.143. The zero-order chi connectivity index (χ0) is 16.8. The molecule has 2 atom stereocenters. The predicted octanol–water partition coefficient (Wildman–Crippen LogP) is 4.52. The highest BCUT2D eigenvalue weighted by atomic mass is 16.4. The third-order valence-electron chi connectivity index (χ3n) is 4.30. The summed E-state index contributed by atoms with van der Waals surface area (Å²) in [6.45, 7) is 6.02. The Balaban J connectivity index is 3.66. The van der Waals surface area contributed by atoms with Gasteiger partial charge in [0.15, 0.2) is 0 Å². The molecule has 0 heterocycles. The molecule has 0 aromatic rings. The molecule has 0 saturated heterocycles. The van der Waals surface area contributed by atoms with Crippen molar-refractivity contribution in [1.29, 1.82) is 0 Å². The van der Waals surface area contributed by atoms with Crippen LogP contribution in [-0.4, -0.2) is 23.0 Å². The summed E-state index contributed by atoms with van der Waals surface area (Å²) in [5.74, 6) is -1.10. The Morgan fingerprint density at radius 1 is 0.909 bits per heavy atom. The van der Waals surface area contributed by atoms with Gasteiger partial charge in [-0.3, -0.25) is 4.79 Å². The zero-order valence-corrected chi connectivity index (χ0v) is 14.7. The molecule has 22 heavy (non-hydrogen) atoms. The summed E-state index contributed by atoms with van der Waals surface area (Å²) in [6.07, 6.45) is 12.1. The van der Waals surface area contributed by atoms with Gasteiger partial charge in [-0.15, -0.1) is 0 Å². The summed E-state index contributed by atoms with van der Waals surface area (Å²) in [5.41, 5.74) is 0. The summed E-state index contributed by atoms with van der Waals surface area (Å²) in [5, 5.41) is 11.8. The van der Waals surface area contributed by atoms with E-state index < -0.39 is 12.0 Å². The van der Waals surface area contributed by atoms with Gasteiger partial charge in [0.05, 0.1) is 0 Å². The van der Waals surface area contributed by atoms with Crippen LogP contribution in [0.5, 0.6) is 0 Å². The van der Waals surface area contributed by atoms with Crippen molar-refractivity contribution in [1.82, 2.24) is 5.32 Å². The van der Waals surface area contributed by atoms with Crippen molar-refractivity contribution in [3.63, 3.8) is 0 Å². The van der Waals surface area contributed by atoms with Gasteiger partial charge in [0.2, 0.25) is 5.91 Å². The van der Waals surface area contributed by atoms with Crippen molar-refractivity contribution in [2.75, 3.05) is 0 Å². The predicted molar refractivity (Wildman–Crippen MR) is 90.9 cm³/mol. The Hall–Kier alpha value is -1.06. The van der Waals surface area contributed by atoms with E-state index >= 15 is 0 Å². The maximum absolute atomic E-state index is 11.8. The molecule has 0 aliphatic carbocycles. The van der Waals surface area contributed by atoms with Crippen molar-refractivity contribution in [2.24, 2.45) is 5.92 Å². The van der Waals surface area contributed by atoms with Gasteiger partial charge in [0, 0.05) is 6.42 Å². The van der Waals surface area contributed by atoms with Crippen LogP contribution in [0.15, 0.2) is 0 Å². The first kappa shape index (κ1) is 20.9. The number of carbonyl (C=O) groups excluding carboxylic acids is 1. The lowest BCUT2D eigenvalue weighted by Gasteiger charge is -2.20. The van der Waals surface area contributed by atoms with E-state index in [-0.39, 0.29) is 11.8 Å². The lowest BCUT2D eigenvalue weighted by atomic mass is 9.99. The molecule has 2 N–H and O–H groups in total. The highest BCUT2D eigenvalue weighted by Gasteiger charge is 2.24. The molecule has 1 amide bonds. The minimum Gasteiger partial charge on any atom is -0.480 e. The molecule has 0 spiro atoms. The monoisotopic (exact) mass is 313 g/mol. The fourth-order valence-electron chi connectivity index (χ4n) is 2.52. The van der Waals surface area contributed by atoms with E-state index in [1.54, 1.807) is 0 Å². The Morgan fingerprint density at radius 3 is 1.86 bits per heavy atom. The second-order valence-corrected chi connectivity index (χ2v) is 6.35. The molecule has 0 aliphatic heterocycles. The Kier molecular flexibility index (Phi) is 12.9. The molecule has 130 valence electrons. The number of rotatable bonds is 14. The molecule has 0 rings (SSSR count). The number of hydrogen-bond acceptors (Lipinski definition) is 2.